The number of hydrogen-bond donors (Lipinski definition) is 2. The minimum absolute atomic E-state index is 0.0550. The quantitative estimate of drug-likeness (QED) is 0.766. The number of aromatic nitrogens is 2. The molecule has 3 rings (SSSR count). The topological polar surface area (TPSA) is 99.9 Å². The first-order chi connectivity index (χ1) is 14.0. The zero-order chi connectivity index (χ0) is 22.1. The van der Waals surface area contributed by atoms with Crippen molar-refractivity contribution in [1.82, 2.24) is 14.7 Å². The second kappa shape index (κ2) is 8.37. The number of fused-ring (bicyclic) bond motifs is 1. The van der Waals surface area contributed by atoms with Crippen molar-refractivity contribution < 1.29 is 23.8 Å². The summed E-state index contributed by atoms with van der Waals surface area (Å²) in [4.78, 5) is 26.5. The van der Waals surface area contributed by atoms with Gasteiger partial charge in [0.05, 0.1) is 17.6 Å². The fourth-order valence-electron chi connectivity index (χ4n) is 3.38. The molecule has 1 aromatic heterocycles. The number of hydrogen-bond acceptors (Lipinski definition) is 6. The van der Waals surface area contributed by atoms with Crippen LogP contribution in [0.15, 0.2) is 12.1 Å². The van der Waals surface area contributed by atoms with E-state index in [1.54, 1.807) is 22.7 Å². The molecule has 9 nitrogen and oxygen atoms in total. The lowest BCUT2D eigenvalue weighted by Gasteiger charge is -2.36. The summed E-state index contributed by atoms with van der Waals surface area (Å²) >= 11 is 0. The normalized spacial score (nSPS) is 14.8. The average molecular weight is 421 g/mol. The van der Waals surface area contributed by atoms with E-state index in [1.165, 1.54) is 6.07 Å². The highest BCUT2D eigenvalue weighted by Gasteiger charge is 2.27. The van der Waals surface area contributed by atoms with Gasteiger partial charge >= 0.3 is 12.1 Å². The van der Waals surface area contributed by atoms with E-state index in [9.17, 15) is 14.0 Å². The number of benzene rings is 1. The lowest BCUT2D eigenvalue weighted by molar-refractivity contribution is -0.136. The van der Waals surface area contributed by atoms with Crippen LogP contribution in [0.1, 0.15) is 27.2 Å². The van der Waals surface area contributed by atoms with Crippen LogP contribution in [0.25, 0.3) is 10.9 Å². The fourth-order valence-corrected chi connectivity index (χ4v) is 3.38. The molecular formula is C20H28FN5O4. The molecule has 0 radical (unpaired) electrons. The molecule has 164 valence electrons. The maximum absolute atomic E-state index is 14.9. The van der Waals surface area contributed by atoms with E-state index in [1.807, 2.05) is 25.7 Å². The van der Waals surface area contributed by atoms with Crippen LogP contribution in [0.2, 0.25) is 0 Å². The number of anilines is 2. The largest absolute Gasteiger partial charge is 0.481 e. The number of halogens is 1. The molecule has 1 aliphatic rings. The number of amides is 1. The molecule has 1 fully saturated rings. The molecule has 0 aliphatic carbocycles. The predicted octanol–water partition coefficient (Wildman–Crippen LogP) is 2.66. The summed E-state index contributed by atoms with van der Waals surface area (Å²) in [6.07, 6.45) is -0.414. The van der Waals surface area contributed by atoms with Crippen molar-refractivity contribution >= 4 is 34.5 Å². The fraction of sp³-hybridized carbons (Fsp3) is 0.550. The summed E-state index contributed by atoms with van der Waals surface area (Å²) in [6.45, 7) is 7.54. The molecule has 0 spiro atoms. The number of rotatable bonds is 5. The molecule has 0 atom stereocenters. The van der Waals surface area contributed by atoms with Crippen LogP contribution >= 0.6 is 0 Å². The Hall–Kier alpha value is -3.04. The molecule has 0 bridgehead atoms. The van der Waals surface area contributed by atoms with Crippen molar-refractivity contribution in [3.05, 3.63) is 17.9 Å². The van der Waals surface area contributed by atoms with E-state index in [4.69, 9.17) is 9.84 Å². The van der Waals surface area contributed by atoms with Gasteiger partial charge in [-0.1, -0.05) is 0 Å². The van der Waals surface area contributed by atoms with Gasteiger partial charge in [0, 0.05) is 45.2 Å². The first-order valence-corrected chi connectivity index (χ1v) is 9.90. The third-order valence-electron chi connectivity index (χ3n) is 4.82. The number of nitrogens with one attached hydrogen (secondary N) is 1. The summed E-state index contributed by atoms with van der Waals surface area (Å²) in [6, 6.07) is 3.16. The highest BCUT2D eigenvalue weighted by molar-refractivity contribution is 5.92. The number of piperazine rings is 1. The lowest BCUT2D eigenvalue weighted by atomic mass is 10.1. The van der Waals surface area contributed by atoms with Crippen LogP contribution in [-0.4, -0.2) is 70.2 Å². The molecule has 2 heterocycles. The van der Waals surface area contributed by atoms with Crippen LogP contribution in [0.5, 0.6) is 0 Å². The van der Waals surface area contributed by atoms with Gasteiger partial charge in [0.15, 0.2) is 5.82 Å². The second-order valence-electron chi connectivity index (χ2n) is 8.32. The van der Waals surface area contributed by atoms with Gasteiger partial charge in [0.2, 0.25) is 0 Å². The number of carboxylic acids is 1. The van der Waals surface area contributed by atoms with Crippen LogP contribution < -0.4 is 10.2 Å². The van der Waals surface area contributed by atoms with Gasteiger partial charge in [0.25, 0.3) is 0 Å². The monoisotopic (exact) mass is 421 g/mol. The predicted molar refractivity (Wildman–Crippen MR) is 111 cm³/mol. The van der Waals surface area contributed by atoms with Gasteiger partial charge in [-0.25, -0.2) is 9.18 Å². The van der Waals surface area contributed by atoms with Crippen molar-refractivity contribution in [3.63, 3.8) is 0 Å². The first kappa shape index (κ1) is 21.7. The molecule has 1 aromatic carbocycles. The summed E-state index contributed by atoms with van der Waals surface area (Å²) in [5.41, 5.74) is 0.631. The number of aliphatic carboxylic acids is 1. The summed E-state index contributed by atoms with van der Waals surface area (Å²) < 4.78 is 22.0. The molecule has 0 saturated carbocycles. The standard InChI is InChI=1S/C20H28FN5O4/c1-20(2,3)30-19(29)26-9-7-25(8-10-26)16-12-15-13(11-14(16)21)18(23-24(15)4)22-6-5-17(27)28/h11-12H,5-10H2,1-4H3,(H,22,23)(H,27,28). The third kappa shape index (κ3) is 4.92. The van der Waals surface area contributed by atoms with Gasteiger partial charge in [0.1, 0.15) is 11.4 Å². The molecule has 2 aromatic rings. The second-order valence-corrected chi connectivity index (χ2v) is 8.32. The van der Waals surface area contributed by atoms with E-state index in [0.717, 1.165) is 5.52 Å². The van der Waals surface area contributed by atoms with Crippen LogP contribution in [0.4, 0.5) is 20.7 Å². The molecule has 0 unspecified atom stereocenters. The Morgan fingerprint density at radius 2 is 1.90 bits per heavy atom. The minimum atomic E-state index is -0.915. The zero-order valence-corrected chi connectivity index (χ0v) is 17.7. The van der Waals surface area contributed by atoms with Gasteiger partial charge in [-0.05, 0) is 32.9 Å². The van der Waals surface area contributed by atoms with Crippen molar-refractivity contribution in [2.75, 3.05) is 42.9 Å². The maximum Gasteiger partial charge on any atom is 0.410 e. The molecule has 30 heavy (non-hydrogen) atoms. The Labute approximate surface area is 174 Å². The van der Waals surface area contributed by atoms with E-state index in [2.05, 4.69) is 10.4 Å². The van der Waals surface area contributed by atoms with Crippen LogP contribution in [0.3, 0.4) is 0 Å². The van der Waals surface area contributed by atoms with Crippen molar-refractivity contribution in [1.29, 1.82) is 0 Å². The van der Waals surface area contributed by atoms with Crippen molar-refractivity contribution in [2.45, 2.75) is 32.8 Å². The lowest BCUT2D eigenvalue weighted by Crippen LogP contribution is -2.50. The number of carbonyl (C=O) groups is 2. The highest BCUT2D eigenvalue weighted by atomic mass is 19.1. The van der Waals surface area contributed by atoms with Gasteiger partial charge in [-0.3, -0.25) is 9.48 Å². The van der Waals surface area contributed by atoms with Crippen molar-refractivity contribution in [2.24, 2.45) is 7.05 Å². The molecule has 1 aliphatic heterocycles. The molecule has 1 saturated heterocycles. The van der Waals surface area contributed by atoms with Crippen molar-refractivity contribution in [3.8, 4) is 0 Å². The minimum Gasteiger partial charge on any atom is -0.481 e. The van der Waals surface area contributed by atoms with E-state index in [0.29, 0.717) is 43.1 Å². The SMILES string of the molecule is Cn1nc(NCCC(=O)O)c2cc(F)c(N3CCN(C(=O)OC(C)(C)C)CC3)cc21. The Kier molecular flexibility index (Phi) is 6.04. The summed E-state index contributed by atoms with van der Waals surface area (Å²) in [7, 11) is 1.76. The third-order valence-corrected chi connectivity index (χ3v) is 4.82. The number of ether oxygens (including phenoxy) is 1. The van der Waals surface area contributed by atoms with Crippen LogP contribution in [0, 0.1) is 5.82 Å². The molecule has 2 N–H and O–H groups in total. The van der Waals surface area contributed by atoms with Gasteiger partial charge in [-0.15, -0.1) is 0 Å². The van der Waals surface area contributed by atoms with E-state index < -0.39 is 11.6 Å². The van der Waals surface area contributed by atoms with Gasteiger partial charge < -0.3 is 25.0 Å². The highest BCUT2D eigenvalue weighted by Crippen LogP contribution is 2.30. The number of carbonyl (C=O) groups excluding carboxylic acids is 1. The number of nitrogens with zero attached hydrogens (tertiary/aromatic N) is 4. The Balaban J connectivity index is 1.73. The van der Waals surface area contributed by atoms with Gasteiger partial charge in [-0.2, -0.15) is 5.10 Å². The molecule has 1 amide bonds. The molecular weight excluding hydrogens is 393 g/mol. The van der Waals surface area contributed by atoms with Crippen LogP contribution in [-0.2, 0) is 16.6 Å². The summed E-state index contributed by atoms with van der Waals surface area (Å²) in [5.74, 6) is -0.849. The maximum atomic E-state index is 14.9. The van der Waals surface area contributed by atoms with E-state index in [-0.39, 0.29) is 24.9 Å². The average Bonchev–Trinajstić information content (AvgIpc) is 2.94. The Morgan fingerprint density at radius 1 is 1.23 bits per heavy atom. The Morgan fingerprint density at radius 3 is 2.50 bits per heavy atom. The Bertz CT molecular complexity index is 945. The van der Waals surface area contributed by atoms with E-state index >= 15 is 0 Å². The molecule has 10 heteroatoms. The number of carboxylic acid groups (broad SMARTS) is 1. The zero-order valence-electron chi connectivity index (χ0n) is 17.7. The first-order valence-electron chi connectivity index (χ1n) is 9.90. The summed E-state index contributed by atoms with van der Waals surface area (Å²) in [5, 5.41) is 16.7. The smallest absolute Gasteiger partial charge is 0.410 e. The number of aryl methyl sites for hydroxylation is 1.